The molecule has 0 amide bonds. The lowest BCUT2D eigenvalue weighted by Gasteiger charge is -2.22. The Bertz CT molecular complexity index is 92.1. The standard InChI is InChI=1S/C8H18N2O/c1-9-11-6-4-8-3-2-5-10-7-8/h8-10H,2-7H2,1H3. The SMILES string of the molecule is CNOCCC1CCCNC1. The van der Waals surface area contributed by atoms with Gasteiger partial charge in [-0.25, -0.2) is 5.48 Å². The lowest BCUT2D eigenvalue weighted by molar-refractivity contribution is 0.0463. The van der Waals surface area contributed by atoms with Crippen LogP contribution in [0.3, 0.4) is 0 Å². The van der Waals surface area contributed by atoms with Crippen LogP contribution in [0.4, 0.5) is 0 Å². The van der Waals surface area contributed by atoms with E-state index in [0.29, 0.717) is 0 Å². The third kappa shape index (κ3) is 3.70. The van der Waals surface area contributed by atoms with Gasteiger partial charge in [0.1, 0.15) is 0 Å². The fraction of sp³-hybridized carbons (Fsp3) is 1.00. The third-order valence-electron chi connectivity index (χ3n) is 2.17. The molecule has 1 saturated heterocycles. The zero-order valence-corrected chi connectivity index (χ0v) is 7.23. The van der Waals surface area contributed by atoms with Crippen LogP contribution < -0.4 is 10.8 Å². The molecule has 1 heterocycles. The van der Waals surface area contributed by atoms with Crippen LogP contribution in [0.5, 0.6) is 0 Å². The first kappa shape index (κ1) is 8.97. The second-order valence-corrected chi connectivity index (χ2v) is 3.05. The highest BCUT2D eigenvalue weighted by molar-refractivity contribution is 4.68. The molecule has 0 saturated carbocycles. The first-order valence-corrected chi connectivity index (χ1v) is 4.42. The summed E-state index contributed by atoms with van der Waals surface area (Å²) < 4.78 is 0. The van der Waals surface area contributed by atoms with Crippen molar-refractivity contribution in [3.8, 4) is 0 Å². The Morgan fingerprint density at radius 1 is 1.64 bits per heavy atom. The van der Waals surface area contributed by atoms with Crippen molar-refractivity contribution in [2.45, 2.75) is 19.3 Å². The maximum absolute atomic E-state index is 5.06. The molecule has 0 spiro atoms. The highest BCUT2D eigenvalue weighted by Gasteiger charge is 2.11. The van der Waals surface area contributed by atoms with Crippen molar-refractivity contribution in [1.29, 1.82) is 0 Å². The van der Waals surface area contributed by atoms with Crippen LogP contribution in [0.1, 0.15) is 19.3 Å². The summed E-state index contributed by atoms with van der Waals surface area (Å²) in [7, 11) is 1.80. The van der Waals surface area contributed by atoms with Gasteiger partial charge in [-0.1, -0.05) is 0 Å². The monoisotopic (exact) mass is 158 g/mol. The first-order chi connectivity index (χ1) is 5.43. The predicted octanol–water partition coefficient (Wildman–Crippen LogP) is 0.527. The van der Waals surface area contributed by atoms with Gasteiger partial charge in [-0.2, -0.15) is 0 Å². The average molecular weight is 158 g/mol. The molecule has 3 nitrogen and oxygen atoms in total. The number of rotatable bonds is 4. The molecule has 0 radical (unpaired) electrons. The van der Waals surface area contributed by atoms with Gasteiger partial charge in [0, 0.05) is 7.05 Å². The zero-order valence-electron chi connectivity index (χ0n) is 7.23. The largest absolute Gasteiger partial charge is 0.316 e. The Labute approximate surface area is 68.5 Å². The van der Waals surface area contributed by atoms with Gasteiger partial charge >= 0.3 is 0 Å². The van der Waals surface area contributed by atoms with Crippen molar-refractivity contribution in [1.82, 2.24) is 10.8 Å². The average Bonchev–Trinajstić information content (AvgIpc) is 2.07. The van der Waals surface area contributed by atoms with E-state index in [2.05, 4.69) is 10.8 Å². The van der Waals surface area contributed by atoms with Crippen molar-refractivity contribution in [3.05, 3.63) is 0 Å². The first-order valence-electron chi connectivity index (χ1n) is 4.42. The molecule has 1 fully saturated rings. The Morgan fingerprint density at radius 3 is 3.18 bits per heavy atom. The summed E-state index contributed by atoms with van der Waals surface area (Å²) in [5, 5.41) is 3.39. The molecule has 11 heavy (non-hydrogen) atoms. The van der Waals surface area contributed by atoms with E-state index < -0.39 is 0 Å². The molecule has 0 aromatic carbocycles. The van der Waals surface area contributed by atoms with E-state index >= 15 is 0 Å². The van der Waals surface area contributed by atoms with Crippen molar-refractivity contribution in [2.24, 2.45) is 5.92 Å². The maximum Gasteiger partial charge on any atom is 0.0685 e. The summed E-state index contributed by atoms with van der Waals surface area (Å²) in [6.07, 6.45) is 3.86. The number of hydrogen-bond acceptors (Lipinski definition) is 3. The summed E-state index contributed by atoms with van der Waals surface area (Å²) in [5.41, 5.74) is 2.69. The van der Waals surface area contributed by atoms with Crippen LogP contribution in [0.2, 0.25) is 0 Å². The molecule has 0 bridgehead atoms. The summed E-state index contributed by atoms with van der Waals surface area (Å²) in [6, 6.07) is 0. The summed E-state index contributed by atoms with van der Waals surface area (Å²) >= 11 is 0. The lowest BCUT2D eigenvalue weighted by atomic mass is 9.97. The Kier molecular flexibility index (Phi) is 4.50. The van der Waals surface area contributed by atoms with Gasteiger partial charge in [0.15, 0.2) is 0 Å². The molecular formula is C8H18N2O. The zero-order chi connectivity index (χ0) is 7.94. The van der Waals surface area contributed by atoms with E-state index in [4.69, 9.17) is 4.84 Å². The van der Waals surface area contributed by atoms with Gasteiger partial charge in [0.05, 0.1) is 6.61 Å². The predicted molar refractivity (Wildman–Crippen MR) is 45.2 cm³/mol. The van der Waals surface area contributed by atoms with Crippen LogP contribution in [-0.2, 0) is 4.84 Å². The molecule has 3 heteroatoms. The van der Waals surface area contributed by atoms with Crippen LogP contribution >= 0.6 is 0 Å². The van der Waals surface area contributed by atoms with Gasteiger partial charge in [0.2, 0.25) is 0 Å². The molecule has 1 atom stereocenters. The van der Waals surface area contributed by atoms with E-state index in [1.165, 1.54) is 32.4 Å². The van der Waals surface area contributed by atoms with E-state index in [1.807, 2.05) is 0 Å². The van der Waals surface area contributed by atoms with E-state index in [0.717, 1.165) is 12.5 Å². The smallest absolute Gasteiger partial charge is 0.0685 e. The highest BCUT2D eigenvalue weighted by Crippen LogP contribution is 2.13. The normalized spacial score (nSPS) is 25.4. The minimum atomic E-state index is 0.831. The van der Waals surface area contributed by atoms with Crippen LogP contribution in [-0.4, -0.2) is 26.7 Å². The Balaban J connectivity index is 1.96. The van der Waals surface area contributed by atoms with Crippen LogP contribution in [0.25, 0.3) is 0 Å². The van der Waals surface area contributed by atoms with E-state index in [1.54, 1.807) is 7.05 Å². The van der Waals surface area contributed by atoms with Gasteiger partial charge in [0.25, 0.3) is 0 Å². The molecule has 1 aliphatic rings. The van der Waals surface area contributed by atoms with E-state index in [9.17, 15) is 0 Å². The number of piperidine rings is 1. The van der Waals surface area contributed by atoms with Crippen molar-refractivity contribution in [2.75, 3.05) is 26.7 Å². The molecule has 66 valence electrons. The Hall–Kier alpha value is -0.120. The molecule has 0 aromatic rings. The molecule has 1 aliphatic heterocycles. The number of hydroxylamine groups is 1. The maximum atomic E-state index is 5.06. The topological polar surface area (TPSA) is 33.3 Å². The van der Waals surface area contributed by atoms with E-state index in [-0.39, 0.29) is 0 Å². The summed E-state index contributed by atoms with van der Waals surface area (Å²) in [5.74, 6) is 0.831. The van der Waals surface area contributed by atoms with Gasteiger partial charge in [-0.15, -0.1) is 0 Å². The van der Waals surface area contributed by atoms with Crippen molar-refractivity contribution in [3.63, 3.8) is 0 Å². The number of hydrogen-bond donors (Lipinski definition) is 2. The Morgan fingerprint density at radius 2 is 2.55 bits per heavy atom. The number of nitrogens with one attached hydrogen (secondary N) is 2. The molecule has 2 N–H and O–H groups in total. The minimum absolute atomic E-state index is 0.831. The quantitative estimate of drug-likeness (QED) is 0.462. The van der Waals surface area contributed by atoms with Crippen molar-refractivity contribution < 1.29 is 4.84 Å². The highest BCUT2D eigenvalue weighted by atomic mass is 16.6. The van der Waals surface area contributed by atoms with Crippen molar-refractivity contribution >= 4 is 0 Å². The molecule has 0 aliphatic carbocycles. The van der Waals surface area contributed by atoms with Gasteiger partial charge < -0.3 is 10.2 Å². The lowest BCUT2D eigenvalue weighted by Crippen LogP contribution is -2.30. The summed E-state index contributed by atoms with van der Waals surface area (Å²) in [6.45, 7) is 3.21. The molecule has 1 unspecified atom stereocenters. The molecule has 0 aromatic heterocycles. The van der Waals surface area contributed by atoms with Gasteiger partial charge in [-0.05, 0) is 38.3 Å². The minimum Gasteiger partial charge on any atom is -0.316 e. The fourth-order valence-electron chi connectivity index (χ4n) is 1.50. The second kappa shape index (κ2) is 5.52. The molecule has 1 rings (SSSR count). The third-order valence-corrected chi connectivity index (χ3v) is 2.17. The molecular weight excluding hydrogens is 140 g/mol. The second-order valence-electron chi connectivity index (χ2n) is 3.05. The summed E-state index contributed by atoms with van der Waals surface area (Å²) in [4.78, 5) is 5.06. The fourth-order valence-corrected chi connectivity index (χ4v) is 1.50. The van der Waals surface area contributed by atoms with Gasteiger partial charge in [-0.3, -0.25) is 0 Å². The van der Waals surface area contributed by atoms with Crippen LogP contribution in [0, 0.1) is 5.92 Å². The van der Waals surface area contributed by atoms with Crippen LogP contribution in [0.15, 0.2) is 0 Å².